The molecule has 9 heteroatoms. The van der Waals surface area contributed by atoms with E-state index in [0.29, 0.717) is 0 Å². The minimum atomic E-state index is -2.69. The highest BCUT2D eigenvalue weighted by Crippen LogP contribution is 2.05. The predicted octanol–water partition coefficient (Wildman–Crippen LogP) is 0.529. The van der Waals surface area contributed by atoms with Crippen LogP contribution in [0.1, 0.15) is 21.0 Å². The van der Waals surface area contributed by atoms with Crippen LogP contribution in [0.5, 0.6) is 0 Å². The van der Waals surface area contributed by atoms with Gasteiger partial charge in [-0.05, 0) is 0 Å². The van der Waals surface area contributed by atoms with Gasteiger partial charge in [0.1, 0.15) is 5.69 Å². The van der Waals surface area contributed by atoms with Crippen molar-refractivity contribution in [3.8, 4) is 0 Å². The fourth-order valence-corrected chi connectivity index (χ4v) is 1.35. The van der Waals surface area contributed by atoms with Crippen molar-refractivity contribution in [3.63, 3.8) is 0 Å². The molecule has 0 bridgehead atoms. The monoisotopic (exact) mass is 289 g/mol. The number of carboxylic acid groups (broad SMARTS) is 1. The Kier molecular flexibility index (Phi) is 5.91. The van der Waals surface area contributed by atoms with Crippen molar-refractivity contribution >= 4 is 11.9 Å². The summed E-state index contributed by atoms with van der Waals surface area (Å²) >= 11 is 0. The maximum Gasteiger partial charge on any atom is 0.356 e. The van der Waals surface area contributed by atoms with Crippen LogP contribution in [0.4, 0.5) is 8.78 Å². The number of nitrogens with zero attached hydrogens (tertiary/aromatic N) is 3. The first-order valence-electron chi connectivity index (χ1n) is 5.57. The quantitative estimate of drug-likeness (QED) is 0.787. The maximum atomic E-state index is 12.4. The smallest absolute Gasteiger partial charge is 0.356 e. The van der Waals surface area contributed by atoms with Crippen molar-refractivity contribution in [2.45, 2.75) is 6.43 Å². The average Bonchev–Trinajstić information content (AvgIpc) is 2.42. The molecule has 1 aromatic rings. The van der Waals surface area contributed by atoms with E-state index in [1.807, 2.05) is 0 Å². The topological polar surface area (TPSA) is 92.6 Å². The van der Waals surface area contributed by atoms with Crippen LogP contribution in [-0.4, -0.2) is 65.1 Å². The van der Waals surface area contributed by atoms with Gasteiger partial charge < -0.3 is 14.7 Å². The van der Waals surface area contributed by atoms with Gasteiger partial charge >= 0.3 is 5.97 Å². The van der Waals surface area contributed by atoms with Gasteiger partial charge in [-0.15, -0.1) is 0 Å². The molecule has 7 nitrogen and oxygen atoms in total. The summed E-state index contributed by atoms with van der Waals surface area (Å²) in [6.45, 7) is -0.689. The summed E-state index contributed by atoms with van der Waals surface area (Å²) in [7, 11) is 1.38. The average molecular weight is 289 g/mol. The normalized spacial score (nSPS) is 10.6. The standard InChI is InChI=1S/C11H13F2N3O4/c1-20-3-2-16(6-9(12)13)10(17)7-4-15-8(5-14-7)11(18)19/h4-5,9H,2-3,6H2,1H3,(H,18,19). The molecule has 1 heterocycles. The zero-order valence-corrected chi connectivity index (χ0v) is 10.6. The van der Waals surface area contributed by atoms with Crippen molar-refractivity contribution in [2.75, 3.05) is 26.8 Å². The van der Waals surface area contributed by atoms with E-state index < -0.39 is 24.8 Å². The molecule has 20 heavy (non-hydrogen) atoms. The number of carbonyl (C=O) groups excluding carboxylic acids is 1. The molecular weight excluding hydrogens is 276 g/mol. The molecule has 1 aromatic heterocycles. The number of halogens is 2. The Labute approximate surface area is 113 Å². The highest BCUT2D eigenvalue weighted by Gasteiger charge is 2.21. The number of rotatable bonds is 7. The molecule has 1 rings (SSSR count). The number of alkyl halides is 2. The highest BCUT2D eigenvalue weighted by atomic mass is 19.3. The number of carboxylic acids is 1. The number of hydrogen-bond donors (Lipinski definition) is 1. The van der Waals surface area contributed by atoms with Crippen LogP contribution in [0.25, 0.3) is 0 Å². The first kappa shape index (κ1) is 15.9. The molecule has 0 aromatic carbocycles. The molecule has 0 aliphatic heterocycles. The molecular formula is C11H13F2N3O4. The van der Waals surface area contributed by atoms with E-state index in [0.717, 1.165) is 17.3 Å². The van der Waals surface area contributed by atoms with Gasteiger partial charge in [0.2, 0.25) is 0 Å². The van der Waals surface area contributed by atoms with E-state index in [1.54, 1.807) is 0 Å². The van der Waals surface area contributed by atoms with Crippen molar-refractivity contribution < 1.29 is 28.2 Å². The first-order valence-corrected chi connectivity index (χ1v) is 5.57. The fourth-order valence-electron chi connectivity index (χ4n) is 1.35. The molecule has 0 unspecified atom stereocenters. The SMILES string of the molecule is COCCN(CC(F)F)C(=O)c1cnc(C(=O)O)cn1. The summed E-state index contributed by atoms with van der Waals surface area (Å²) in [6.07, 6.45) is -0.856. The lowest BCUT2D eigenvalue weighted by atomic mass is 10.3. The number of carbonyl (C=O) groups is 2. The van der Waals surface area contributed by atoms with Gasteiger partial charge in [0.25, 0.3) is 12.3 Å². The van der Waals surface area contributed by atoms with Gasteiger partial charge in [0, 0.05) is 13.7 Å². The summed E-state index contributed by atoms with van der Waals surface area (Å²) < 4.78 is 29.6. The summed E-state index contributed by atoms with van der Waals surface area (Å²) in [5.74, 6) is -2.05. The first-order chi connectivity index (χ1) is 9.45. The van der Waals surface area contributed by atoms with E-state index in [9.17, 15) is 18.4 Å². The number of amides is 1. The molecule has 110 valence electrons. The Morgan fingerprint density at radius 3 is 2.40 bits per heavy atom. The van der Waals surface area contributed by atoms with Crippen LogP contribution in [-0.2, 0) is 4.74 Å². The lowest BCUT2D eigenvalue weighted by Crippen LogP contribution is -2.38. The second kappa shape index (κ2) is 7.43. The molecule has 0 fully saturated rings. The summed E-state index contributed by atoms with van der Waals surface area (Å²) in [5, 5.41) is 8.65. The molecule has 1 N–H and O–H groups in total. The molecule has 0 radical (unpaired) electrons. The number of hydrogen-bond acceptors (Lipinski definition) is 5. The van der Waals surface area contributed by atoms with Crippen LogP contribution >= 0.6 is 0 Å². The molecule has 0 atom stereocenters. The fraction of sp³-hybridized carbons (Fsp3) is 0.455. The molecule has 1 amide bonds. The number of methoxy groups -OCH3 is 1. The second-order valence-electron chi connectivity index (χ2n) is 3.73. The van der Waals surface area contributed by atoms with Crippen molar-refractivity contribution in [1.82, 2.24) is 14.9 Å². The minimum absolute atomic E-state index is 0.0258. The Hall–Kier alpha value is -2.16. The molecule has 0 saturated carbocycles. The van der Waals surface area contributed by atoms with Gasteiger partial charge in [-0.1, -0.05) is 0 Å². The molecule has 0 spiro atoms. The van der Waals surface area contributed by atoms with Gasteiger partial charge in [0.15, 0.2) is 5.69 Å². The van der Waals surface area contributed by atoms with Gasteiger partial charge in [-0.3, -0.25) is 4.79 Å². The number of aromatic carboxylic acids is 1. The Bertz CT molecular complexity index is 467. The van der Waals surface area contributed by atoms with Gasteiger partial charge in [0.05, 0.1) is 25.5 Å². The molecule has 0 aliphatic carbocycles. The van der Waals surface area contributed by atoms with Crippen LogP contribution in [0.15, 0.2) is 12.4 Å². The van der Waals surface area contributed by atoms with Crippen molar-refractivity contribution in [3.05, 3.63) is 23.8 Å². The third-order valence-electron chi connectivity index (χ3n) is 2.30. The van der Waals surface area contributed by atoms with Crippen LogP contribution in [0, 0.1) is 0 Å². The van der Waals surface area contributed by atoms with Crippen LogP contribution in [0.2, 0.25) is 0 Å². The lowest BCUT2D eigenvalue weighted by molar-refractivity contribution is 0.0472. The Morgan fingerprint density at radius 1 is 1.35 bits per heavy atom. The van der Waals surface area contributed by atoms with Crippen molar-refractivity contribution in [1.29, 1.82) is 0 Å². The molecule has 0 aliphatic rings. The minimum Gasteiger partial charge on any atom is -0.476 e. The third-order valence-corrected chi connectivity index (χ3v) is 2.30. The zero-order valence-electron chi connectivity index (χ0n) is 10.6. The highest BCUT2D eigenvalue weighted by molar-refractivity contribution is 5.92. The zero-order chi connectivity index (χ0) is 15.1. The number of ether oxygens (including phenoxy) is 1. The largest absolute Gasteiger partial charge is 0.476 e. The van der Waals surface area contributed by atoms with Gasteiger partial charge in [-0.25, -0.2) is 23.5 Å². The summed E-state index contributed by atoms with van der Waals surface area (Å²) in [4.78, 5) is 30.5. The van der Waals surface area contributed by atoms with E-state index >= 15 is 0 Å². The van der Waals surface area contributed by atoms with Gasteiger partial charge in [-0.2, -0.15) is 0 Å². The van der Waals surface area contributed by atoms with E-state index in [4.69, 9.17) is 9.84 Å². The van der Waals surface area contributed by atoms with Crippen molar-refractivity contribution in [2.24, 2.45) is 0 Å². The Balaban J connectivity index is 2.84. The second-order valence-corrected chi connectivity index (χ2v) is 3.73. The third kappa shape index (κ3) is 4.50. The summed E-state index contributed by atoms with van der Waals surface area (Å²) in [6, 6.07) is 0. The predicted molar refractivity (Wildman–Crippen MR) is 62.8 cm³/mol. The maximum absolute atomic E-state index is 12.4. The van der Waals surface area contributed by atoms with Crippen LogP contribution < -0.4 is 0 Å². The Morgan fingerprint density at radius 2 is 1.95 bits per heavy atom. The van der Waals surface area contributed by atoms with E-state index in [-0.39, 0.29) is 24.5 Å². The lowest BCUT2D eigenvalue weighted by Gasteiger charge is -2.21. The molecule has 0 saturated heterocycles. The van der Waals surface area contributed by atoms with E-state index in [2.05, 4.69) is 9.97 Å². The van der Waals surface area contributed by atoms with Crippen LogP contribution in [0.3, 0.4) is 0 Å². The number of aromatic nitrogens is 2. The summed E-state index contributed by atoms with van der Waals surface area (Å²) in [5.41, 5.74) is -0.536. The van der Waals surface area contributed by atoms with E-state index in [1.165, 1.54) is 7.11 Å².